The average Bonchev–Trinajstić information content (AvgIpc) is 1.98. The highest BCUT2D eigenvalue weighted by Gasteiger charge is 2.25. The first-order chi connectivity index (χ1) is 5.24. The maximum absolute atomic E-state index is 11.1. The van der Waals surface area contributed by atoms with Crippen LogP contribution in [0.2, 0.25) is 0 Å². The number of Topliss-reactive ketones (excluding diaryl/α,β-unsaturated/α-hetero) is 2. The number of ketones is 2. The summed E-state index contributed by atoms with van der Waals surface area (Å²) < 4.78 is 0. The summed E-state index contributed by atoms with van der Waals surface area (Å²) in [6.07, 6.45) is 3.69. The van der Waals surface area contributed by atoms with Gasteiger partial charge in [0.2, 0.25) is 0 Å². The van der Waals surface area contributed by atoms with Gasteiger partial charge in [-0.2, -0.15) is 0 Å². The van der Waals surface area contributed by atoms with Crippen LogP contribution in [0.3, 0.4) is 0 Å². The molecule has 0 heterocycles. The summed E-state index contributed by atoms with van der Waals surface area (Å²) in [6, 6.07) is 0. The number of allylic oxidation sites excluding steroid dienone is 1. The van der Waals surface area contributed by atoms with Crippen molar-refractivity contribution in [3.05, 3.63) is 12.7 Å². The molecule has 60 valence electrons. The minimum absolute atomic E-state index is 0.0613. The van der Waals surface area contributed by atoms with Crippen LogP contribution in [-0.4, -0.2) is 11.6 Å². The summed E-state index contributed by atoms with van der Waals surface area (Å²) in [5, 5.41) is 0. The molecule has 2 heteroatoms. The van der Waals surface area contributed by atoms with Crippen LogP contribution >= 0.6 is 0 Å². The lowest BCUT2D eigenvalue weighted by atomic mass is 9.85. The van der Waals surface area contributed by atoms with E-state index in [0.29, 0.717) is 25.7 Å². The summed E-state index contributed by atoms with van der Waals surface area (Å²) >= 11 is 0. The van der Waals surface area contributed by atoms with Gasteiger partial charge < -0.3 is 0 Å². The highest BCUT2D eigenvalue weighted by atomic mass is 16.1. The van der Waals surface area contributed by atoms with Gasteiger partial charge in [-0.3, -0.25) is 9.59 Å². The van der Waals surface area contributed by atoms with E-state index in [0.717, 1.165) is 0 Å². The maximum Gasteiger partial charge on any atom is 0.137 e. The normalized spacial score (nSPS) is 25.3. The minimum atomic E-state index is -0.0613. The number of hydrogen-bond acceptors (Lipinski definition) is 2. The van der Waals surface area contributed by atoms with E-state index in [9.17, 15) is 9.59 Å². The van der Waals surface area contributed by atoms with E-state index in [2.05, 4.69) is 6.58 Å². The van der Waals surface area contributed by atoms with Crippen molar-refractivity contribution < 1.29 is 9.59 Å². The van der Waals surface area contributed by atoms with Crippen LogP contribution in [0, 0.1) is 5.92 Å². The zero-order valence-corrected chi connectivity index (χ0v) is 6.51. The summed E-state index contributed by atoms with van der Waals surface area (Å²) in [4.78, 5) is 22.0. The predicted molar refractivity (Wildman–Crippen MR) is 42.2 cm³/mol. The summed E-state index contributed by atoms with van der Waals surface area (Å²) in [6.45, 7) is 3.55. The molecule has 1 rings (SSSR count). The molecule has 11 heavy (non-hydrogen) atoms. The molecule has 2 nitrogen and oxygen atoms in total. The third-order valence-electron chi connectivity index (χ3n) is 2.03. The van der Waals surface area contributed by atoms with Crippen molar-refractivity contribution in [1.82, 2.24) is 0 Å². The minimum Gasteiger partial charge on any atom is -0.300 e. The Bertz CT molecular complexity index is 194. The Morgan fingerprint density at radius 1 is 1.45 bits per heavy atom. The molecule has 0 spiro atoms. The van der Waals surface area contributed by atoms with Crippen LogP contribution < -0.4 is 0 Å². The molecule has 0 bridgehead atoms. The second-order valence-corrected chi connectivity index (χ2v) is 2.93. The number of carbonyl (C=O) groups is 2. The maximum atomic E-state index is 11.1. The SMILES string of the molecule is C=CCC1CC(=O)CCC1=O. The zero-order chi connectivity index (χ0) is 8.27. The lowest BCUT2D eigenvalue weighted by Gasteiger charge is -2.17. The van der Waals surface area contributed by atoms with Gasteiger partial charge in [-0.05, 0) is 6.42 Å². The molecule has 0 saturated heterocycles. The van der Waals surface area contributed by atoms with Gasteiger partial charge in [0, 0.05) is 25.2 Å². The first kappa shape index (κ1) is 8.18. The van der Waals surface area contributed by atoms with Gasteiger partial charge in [-0.1, -0.05) is 6.08 Å². The standard InChI is InChI=1S/C9H12O2/c1-2-3-7-6-8(10)4-5-9(7)11/h2,7H,1,3-6H2. The van der Waals surface area contributed by atoms with Crippen LogP contribution in [0.4, 0.5) is 0 Å². The Hall–Kier alpha value is -0.920. The van der Waals surface area contributed by atoms with Crippen molar-refractivity contribution in [3.8, 4) is 0 Å². The number of hydrogen-bond donors (Lipinski definition) is 0. The fraction of sp³-hybridized carbons (Fsp3) is 0.556. The van der Waals surface area contributed by atoms with Gasteiger partial charge in [0.15, 0.2) is 0 Å². The van der Waals surface area contributed by atoms with Crippen molar-refractivity contribution in [1.29, 1.82) is 0 Å². The first-order valence-corrected chi connectivity index (χ1v) is 3.89. The Morgan fingerprint density at radius 2 is 2.18 bits per heavy atom. The summed E-state index contributed by atoms with van der Waals surface area (Å²) in [5.74, 6) is 0.384. The molecule has 0 aliphatic heterocycles. The third kappa shape index (κ3) is 2.00. The van der Waals surface area contributed by atoms with Crippen molar-refractivity contribution >= 4 is 11.6 Å². The van der Waals surface area contributed by atoms with E-state index in [4.69, 9.17) is 0 Å². The monoisotopic (exact) mass is 152 g/mol. The van der Waals surface area contributed by atoms with Gasteiger partial charge in [0.05, 0.1) is 0 Å². The van der Waals surface area contributed by atoms with Gasteiger partial charge in [0.25, 0.3) is 0 Å². The van der Waals surface area contributed by atoms with Crippen molar-refractivity contribution in [2.75, 3.05) is 0 Å². The van der Waals surface area contributed by atoms with Crippen molar-refractivity contribution in [3.63, 3.8) is 0 Å². The van der Waals surface area contributed by atoms with Crippen LogP contribution in [0.15, 0.2) is 12.7 Å². The van der Waals surface area contributed by atoms with E-state index >= 15 is 0 Å². The van der Waals surface area contributed by atoms with E-state index in [-0.39, 0.29) is 17.5 Å². The zero-order valence-electron chi connectivity index (χ0n) is 6.51. The fourth-order valence-electron chi connectivity index (χ4n) is 1.37. The van der Waals surface area contributed by atoms with Gasteiger partial charge in [-0.25, -0.2) is 0 Å². The summed E-state index contributed by atoms with van der Waals surface area (Å²) in [7, 11) is 0. The quantitative estimate of drug-likeness (QED) is 0.562. The van der Waals surface area contributed by atoms with Crippen LogP contribution in [0.1, 0.15) is 25.7 Å². The molecular weight excluding hydrogens is 140 g/mol. The second-order valence-electron chi connectivity index (χ2n) is 2.93. The highest BCUT2D eigenvalue weighted by molar-refractivity contribution is 5.94. The molecule has 1 aliphatic carbocycles. The number of carbonyl (C=O) groups excluding carboxylic acids is 2. The van der Waals surface area contributed by atoms with Crippen LogP contribution in [0.5, 0.6) is 0 Å². The summed E-state index contributed by atoms with van der Waals surface area (Å²) in [5.41, 5.74) is 0. The largest absolute Gasteiger partial charge is 0.300 e. The van der Waals surface area contributed by atoms with Gasteiger partial charge >= 0.3 is 0 Å². The topological polar surface area (TPSA) is 34.1 Å². The molecule has 0 aromatic rings. The molecule has 1 atom stereocenters. The van der Waals surface area contributed by atoms with Crippen molar-refractivity contribution in [2.45, 2.75) is 25.7 Å². The molecule has 1 unspecified atom stereocenters. The van der Waals surface area contributed by atoms with E-state index < -0.39 is 0 Å². The van der Waals surface area contributed by atoms with Gasteiger partial charge in [-0.15, -0.1) is 6.58 Å². The molecule has 1 fully saturated rings. The Labute approximate surface area is 66.3 Å². The molecular formula is C9H12O2. The van der Waals surface area contributed by atoms with E-state index in [1.807, 2.05) is 0 Å². The average molecular weight is 152 g/mol. The Balaban J connectivity index is 2.53. The van der Waals surface area contributed by atoms with E-state index in [1.165, 1.54) is 0 Å². The Kier molecular flexibility index (Phi) is 2.58. The first-order valence-electron chi connectivity index (χ1n) is 3.89. The Morgan fingerprint density at radius 3 is 2.82 bits per heavy atom. The molecule has 0 N–H and O–H groups in total. The van der Waals surface area contributed by atoms with Crippen molar-refractivity contribution in [2.24, 2.45) is 5.92 Å². The lowest BCUT2D eigenvalue weighted by molar-refractivity contribution is -0.132. The highest BCUT2D eigenvalue weighted by Crippen LogP contribution is 2.20. The molecule has 0 amide bonds. The molecule has 0 radical (unpaired) electrons. The smallest absolute Gasteiger partial charge is 0.137 e. The molecule has 1 saturated carbocycles. The predicted octanol–water partition coefficient (Wildman–Crippen LogP) is 1.50. The molecule has 1 aliphatic rings. The van der Waals surface area contributed by atoms with Crippen LogP contribution in [0.25, 0.3) is 0 Å². The molecule has 0 aromatic carbocycles. The number of rotatable bonds is 2. The molecule has 0 aromatic heterocycles. The fourth-order valence-corrected chi connectivity index (χ4v) is 1.37. The third-order valence-corrected chi connectivity index (χ3v) is 2.03. The van der Waals surface area contributed by atoms with E-state index in [1.54, 1.807) is 6.08 Å². The lowest BCUT2D eigenvalue weighted by Crippen LogP contribution is -2.24. The van der Waals surface area contributed by atoms with Crippen LogP contribution in [-0.2, 0) is 9.59 Å². The van der Waals surface area contributed by atoms with Gasteiger partial charge in [0.1, 0.15) is 11.6 Å². The second kappa shape index (κ2) is 3.46.